The molecule has 2 atom stereocenters. The first-order valence-corrected chi connectivity index (χ1v) is 9.83. The number of ether oxygens (including phenoxy) is 2. The molecule has 5 heteroatoms. The van der Waals surface area contributed by atoms with Crippen LogP contribution in [-0.2, 0) is 0 Å². The fourth-order valence-electron chi connectivity index (χ4n) is 4.01. The fraction of sp³-hybridized carbons (Fsp3) is 0.208. The highest BCUT2D eigenvalue weighted by Crippen LogP contribution is 2.48. The lowest BCUT2D eigenvalue weighted by Crippen LogP contribution is -2.34. The smallest absolute Gasteiger partial charge is 0.216 e. The number of hydrogen-bond acceptors (Lipinski definition) is 4. The highest BCUT2D eigenvalue weighted by Gasteiger charge is 2.42. The van der Waals surface area contributed by atoms with Crippen molar-refractivity contribution in [1.82, 2.24) is 5.01 Å². The van der Waals surface area contributed by atoms with Crippen LogP contribution in [0, 0.1) is 5.82 Å². The maximum atomic E-state index is 14.6. The first kappa shape index (κ1) is 17.7. The molecule has 0 bridgehead atoms. The zero-order valence-corrected chi connectivity index (χ0v) is 16.1. The zero-order valence-electron chi connectivity index (χ0n) is 16.1. The van der Waals surface area contributed by atoms with Gasteiger partial charge in [-0.25, -0.2) is 9.40 Å². The lowest BCUT2D eigenvalue weighted by Gasteiger charge is -2.38. The van der Waals surface area contributed by atoms with Crippen LogP contribution in [-0.4, -0.2) is 17.3 Å². The van der Waals surface area contributed by atoms with E-state index in [1.54, 1.807) is 12.1 Å². The third kappa shape index (κ3) is 3.12. The minimum atomic E-state index is -0.618. The number of halogens is 1. The summed E-state index contributed by atoms with van der Waals surface area (Å²) in [4.78, 5) is 0. The van der Waals surface area contributed by atoms with Crippen molar-refractivity contribution in [2.45, 2.75) is 25.6 Å². The first-order chi connectivity index (χ1) is 14.2. The Kier molecular flexibility index (Phi) is 4.43. The Balaban J connectivity index is 1.61. The highest BCUT2D eigenvalue weighted by molar-refractivity contribution is 6.01. The molecule has 5 rings (SSSR count). The van der Waals surface area contributed by atoms with E-state index in [2.05, 4.69) is 0 Å². The molecule has 29 heavy (non-hydrogen) atoms. The van der Waals surface area contributed by atoms with Gasteiger partial charge >= 0.3 is 0 Å². The lowest BCUT2D eigenvalue weighted by atomic mass is 9.95. The van der Waals surface area contributed by atoms with Gasteiger partial charge in [-0.3, -0.25) is 0 Å². The van der Waals surface area contributed by atoms with Crippen molar-refractivity contribution in [3.05, 3.63) is 95.3 Å². The number of nitrogens with zero attached hydrogens (tertiary/aromatic N) is 2. The molecule has 0 fully saturated rings. The first-order valence-electron chi connectivity index (χ1n) is 9.83. The van der Waals surface area contributed by atoms with Gasteiger partial charge in [-0.15, -0.1) is 0 Å². The van der Waals surface area contributed by atoms with Gasteiger partial charge in [-0.05, 0) is 36.8 Å². The van der Waals surface area contributed by atoms with Crippen molar-refractivity contribution in [2.75, 3.05) is 6.61 Å². The van der Waals surface area contributed by atoms with Gasteiger partial charge in [-0.2, -0.15) is 5.10 Å². The van der Waals surface area contributed by atoms with Gasteiger partial charge in [-0.1, -0.05) is 48.5 Å². The summed E-state index contributed by atoms with van der Waals surface area (Å²) < 4.78 is 26.6. The molecule has 146 valence electrons. The average molecular weight is 388 g/mol. The van der Waals surface area contributed by atoms with E-state index in [4.69, 9.17) is 14.6 Å². The molecule has 0 saturated carbocycles. The molecule has 0 saturated heterocycles. The lowest BCUT2D eigenvalue weighted by molar-refractivity contribution is -0.0213. The van der Waals surface area contributed by atoms with E-state index in [1.165, 1.54) is 6.07 Å². The van der Waals surface area contributed by atoms with Crippen LogP contribution in [0.25, 0.3) is 0 Å². The van der Waals surface area contributed by atoms with Gasteiger partial charge in [0, 0.05) is 12.0 Å². The van der Waals surface area contributed by atoms with Crippen molar-refractivity contribution >= 4 is 5.71 Å². The van der Waals surface area contributed by atoms with Crippen molar-refractivity contribution < 1.29 is 13.9 Å². The van der Waals surface area contributed by atoms with Crippen molar-refractivity contribution in [1.29, 1.82) is 0 Å². The van der Waals surface area contributed by atoms with Crippen molar-refractivity contribution in [2.24, 2.45) is 5.10 Å². The fourth-order valence-corrected chi connectivity index (χ4v) is 4.01. The molecule has 0 N–H and O–H groups in total. The molecule has 0 spiro atoms. The number of hydrogen-bond donors (Lipinski definition) is 0. The molecule has 0 aliphatic carbocycles. The Bertz CT molecular complexity index is 1070. The van der Waals surface area contributed by atoms with Crippen LogP contribution in [0.15, 0.2) is 77.9 Å². The third-order valence-electron chi connectivity index (χ3n) is 5.35. The SMILES string of the molecule is CCOc1ccc2c(c1)[C@@H]1CC(c3ccccc3)=NN1[C@H](c1ccccc1F)O2. The summed E-state index contributed by atoms with van der Waals surface area (Å²) in [5.74, 6) is 1.24. The van der Waals surface area contributed by atoms with Gasteiger partial charge in [0.15, 0.2) is 0 Å². The molecule has 0 aromatic heterocycles. The summed E-state index contributed by atoms with van der Waals surface area (Å²) in [5.41, 5.74) is 3.53. The molecule has 0 radical (unpaired) electrons. The standard InChI is InChI=1S/C24H21FN2O2/c1-2-28-17-12-13-23-19(14-17)22-15-21(16-8-4-3-5-9-16)26-27(22)24(29-23)18-10-6-7-11-20(18)25/h3-14,22,24H,2,15H2,1H3/t22-,24-/m0/s1. The maximum Gasteiger partial charge on any atom is 0.216 e. The quantitative estimate of drug-likeness (QED) is 0.595. The van der Waals surface area contributed by atoms with Crippen LogP contribution >= 0.6 is 0 Å². The Morgan fingerprint density at radius 2 is 1.83 bits per heavy atom. The van der Waals surface area contributed by atoms with Gasteiger partial charge < -0.3 is 9.47 Å². The van der Waals surface area contributed by atoms with Crippen LogP contribution < -0.4 is 9.47 Å². The number of benzene rings is 3. The molecule has 3 aromatic carbocycles. The predicted molar refractivity (Wildman–Crippen MR) is 110 cm³/mol. The van der Waals surface area contributed by atoms with E-state index in [1.807, 2.05) is 66.5 Å². The molecule has 0 unspecified atom stereocenters. The summed E-state index contributed by atoms with van der Waals surface area (Å²) in [5, 5.41) is 6.76. The maximum absolute atomic E-state index is 14.6. The van der Waals surface area contributed by atoms with Crippen LogP contribution in [0.4, 0.5) is 4.39 Å². The van der Waals surface area contributed by atoms with E-state index in [0.29, 0.717) is 12.2 Å². The average Bonchev–Trinajstić information content (AvgIpc) is 3.21. The Hall–Kier alpha value is -3.34. The summed E-state index contributed by atoms with van der Waals surface area (Å²) in [7, 11) is 0. The summed E-state index contributed by atoms with van der Waals surface area (Å²) >= 11 is 0. The molecule has 2 heterocycles. The molecule has 2 aliphatic heterocycles. The molecule has 0 amide bonds. The molecular formula is C24H21FN2O2. The van der Waals surface area contributed by atoms with Crippen LogP contribution in [0.1, 0.15) is 42.3 Å². The highest BCUT2D eigenvalue weighted by atomic mass is 19.1. The Labute approximate surface area is 169 Å². The minimum absolute atomic E-state index is 0.0426. The zero-order chi connectivity index (χ0) is 19.8. The second-order valence-electron chi connectivity index (χ2n) is 7.14. The largest absolute Gasteiger partial charge is 0.494 e. The number of hydrazone groups is 1. The van der Waals surface area contributed by atoms with Crippen LogP contribution in [0.5, 0.6) is 11.5 Å². The van der Waals surface area contributed by atoms with E-state index in [9.17, 15) is 4.39 Å². The topological polar surface area (TPSA) is 34.1 Å². The van der Waals surface area contributed by atoms with E-state index >= 15 is 0 Å². The second kappa shape index (κ2) is 7.24. The normalized spacial score (nSPS) is 19.8. The van der Waals surface area contributed by atoms with Crippen molar-refractivity contribution in [3.63, 3.8) is 0 Å². The Morgan fingerprint density at radius 3 is 2.62 bits per heavy atom. The van der Waals surface area contributed by atoms with Gasteiger partial charge in [0.05, 0.1) is 23.9 Å². The molecular weight excluding hydrogens is 367 g/mol. The third-order valence-corrected chi connectivity index (χ3v) is 5.35. The monoisotopic (exact) mass is 388 g/mol. The minimum Gasteiger partial charge on any atom is -0.494 e. The Morgan fingerprint density at radius 1 is 1.03 bits per heavy atom. The molecule has 4 nitrogen and oxygen atoms in total. The van der Waals surface area contributed by atoms with Gasteiger partial charge in [0.1, 0.15) is 17.3 Å². The van der Waals surface area contributed by atoms with E-state index < -0.39 is 6.23 Å². The predicted octanol–water partition coefficient (Wildman–Crippen LogP) is 5.47. The second-order valence-corrected chi connectivity index (χ2v) is 7.14. The molecule has 3 aromatic rings. The van der Waals surface area contributed by atoms with E-state index in [0.717, 1.165) is 34.8 Å². The summed E-state index contributed by atoms with van der Waals surface area (Å²) in [6, 6.07) is 22.6. The van der Waals surface area contributed by atoms with Gasteiger partial charge in [0.2, 0.25) is 6.23 Å². The number of fused-ring (bicyclic) bond motifs is 3. The van der Waals surface area contributed by atoms with Gasteiger partial charge in [0.25, 0.3) is 0 Å². The van der Waals surface area contributed by atoms with Crippen LogP contribution in [0.2, 0.25) is 0 Å². The van der Waals surface area contributed by atoms with E-state index in [-0.39, 0.29) is 11.9 Å². The number of rotatable bonds is 4. The van der Waals surface area contributed by atoms with Crippen LogP contribution in [0.3, 0.4) is 0 Å². The van der Waals surface area contributed by atoms with Crippen molar-refractivity contribution in [3.8, 4) is 11.5 Å². The molecule has 2 aliphatic rings. The summed E-state index contributed by atoms with van der Waals surface area (Å²) in [6.07, 6.45) is 0.105. The summed E-state index contributed by atoms with van der Waals surface area (Å²) in [6.45, 7) is 2.56.